The molecule has 1 N–H and O–H groups in total. The van der Waals surface area contributed by atoms with Crippen molar-refractivity contribution in [1.82, 2.24) is 10.3 Å². The first-order valence-corrected chi connectivity index (χ1v) is 8.50. The third-order valence-corrected chi connectivity index (χ3v) is 4.09. The number of hydrogen-bond acceptors (Lipinski definition) is 5. The fourth-order valence-electron chi connectivity index (χ4n) is 2.87. The van der Waals surface area contributed by atoms with Gasteiger partial charge in [0, 0.05) is 43.5 Å². The largest absolute Gasteiger partial charge is 0.481 e. The van der Waals surface area contributed by atoms with Crippen LogP contribution in [0.2, 0.25) is 0 Å². The van der Waals surface area contributed by atoms with Crippen LogP contribution in [0.5, 0.6) is 5.75 Å². The molecule has 1 saturated heterocycles. The van der Waals surface area contributed by atoms with Crippen LogP contribution >= 0.6 is 0 Å². The third kappa shape index (κ3) is 4.72. The molecular weight excluding hydrogens is 314 g/mol. The molecule has 0 saturated carbocycles. The first-order valence-electron chi connectivity index (χ1n) is 8.50. The highest BCUT2D eigenvalue weighted by Gasteiger charge is 2.15. The van der Waals surface area contributed by atoms with Gasteiger partial charge in [-0.1, -0.05) is 30.2 Å². The van der Waals surface area contributed by atoms with Crippen molar-refractivity contribution in [3.05, 3.63) is 53.7 Å². The molecule has 0 radical (unpaired) electrons. The van der Waals surface area contributed by atoms with Gasteiger partial charge in [-0.05, 0) is 12.1 Å². The molecule has 5 nitrogen and oxygen atoms in total. The van der Waals surface area contributed by atoms with E-state index in [2.05, 4.69) is 27.2 Å². The molecule has 0 aliphatic carbocycles. The molecule has 0 atom stereocenters. The predicted octanol–water partition coefficient (Wildman–Crippen LogP) is 2.22. The summed E-state index contributed by atoms with van der Waals surface area (Å²) in [7, 11) is 0. The number of rotatable bonds is 7. The maximum Gasteiger partial charge on any atom is 0.148 e. The van der Waals surface area contributed by atoms with E-state index in [0.29, 0.717) is 6.54 Å². The monoisotopic (exact) mass is 337 g/mol. The predicted molar refractivity (Wildman–Crippen MR) is 98.6 cm³/mol. The van der Waals surface area contributed by atoms with E-state index in [-0.39, 0.29) is 6.61 Å². The molecule has 130 valence electrons. The second-order valence-electron chi connectivity index (χ2n) is 5.79. The molecule has 1 aromatic carbocycles. The van der Waals surface area contributed by atoms with Crippen molar-refractivity contribution < 1.29 is 9.47 Å². The van der Waals surface area contributed by atoms with Crippen LogP contribution < -0.4 is 15.0 Å². The van der Waals surface area contributed by atoms with E-state index in [0.717, 1.165) is 50.0 Å². The topological polar surface area (TPSA) is 46.6 Å². The van der Waals surface area contributed by atoms with Gasteiger partial charge in [-0.2, -0.15) is 0 Å². The summed E-state index contributed by atoms with van der Waals surface area (Å²) in [6.45, 7) is 5.00. The molecule has 0 bridgehead atoms. The van der Waals surface area contributed by atoms with Crippen molar-refractivity contribution in [2.24, 2.45) is 0 Å². The number of benzene rings is 1. The lowest BCUT2D eigenvalue weighted by molar-refractivity contribution is 0.122. The molecule has 2 heterocycles. The van der Waals surface area contributed by atoms with Crippen molar-refractivity contribution in [1.29, 1.82) is 0 Å². The highest BCUT2D eigenvalue weighted by atomic mass is 16.5. The van der Waals surface area contributed by atoms with Gasteiger partial charge in [-0.3, -0.25) is 0 Å². The van der Waals surface area contributed by atoms with Crippen LogP contribution in [0, 0.1) is 12.3 Å². The molecule has 1 fully saturated rings. The van der Waals surface area contributed by atoms with Gasteiger partial charge in [-0.15, -0.1) is 6.42 Å². The number of pyridine rings is 1. The number of hydrogen-bond donors (Lipinski definition) is 1. The Morgan fingerprint density at radius 1 is 1.12 bits per heavy atom. The molecule has 1 aliphatic rings. The number of morpholine rings is 1. The van der Waals surface area contributed by atoms with Crippen LogP contribution in [0.15, 0.2) is 42.6 Å². The van der Waals surface area contributed by atoms with Crippen LogP contribution in [0.3, 0.4) is 0 Å². The van der Waals surface area contributed by atoms with Crippen molar-refractivity contribution >= 4 is 5.82 Å². The Hall–Kier alpha value is -2.55. The summed E-state index contributed by atoms with van der Waals surface area (Å²) in [6.07, 6.45) is 7.12. The van der Waals surface area contributed by atoms with Gasteiger partial charge < -0.3 is 19.7 Å². The molecule has 3 rings (SSSR count). The Bertz CT molecular complexity index is 721. The molecule has 0 spiro atoms. The molecule has 2 aromatic rings. The van der Waals surface area contributed by atoms with Crippen LogP contribution in [0.25, 0.3) is 0 Å². The fraction of sp³-hybridized carbons (Fsp3) is 0.350. The number of anilines is 1. The Morgan fingerprint density at radius 3 is 2.72 bits per heavy atom. The number of nitrogens with zero attached hydrogens (tertiary/aromatic N) is 2. The van der Waals surface area contributed by atoms with Gasteiger partial charge >= 0.3 is 0 Å². The Kier molecular flexibility index (Phi) is 6.27. The Morgan fingerprint density at radius 2 is 1.88 bits per heavy atom. The third-order valence-electron chi connectivity index (χ3n) is 4.09. The maximum absolute atomic E-state index is 5.60. The number of para-hydroxylation sites is 1. The zero-order valence-corrected chi connectivity index (χ0v) is 14.3. The number of terminal acetylenes is 1. The lowest BCUT2D eigenvalue weighted by Gasteiger charge is -2.29. The summed E-state index contributed by atoms with van der Waals surface area (Å²) in [6, 6.07) is 12.0. The van der Waals surface area contributed by atoms with Crippen molar-refractivity contribution in [2.75, 3.05) is 37.8 Å². The summed E-state index contributed by atoms with van der Waals surface area (Å²) >= 11 is 0. The van der Waals surface area contributed by atoms with E-state index in [1.165, 1.54) is 5.56 Å². The van der Waals surface area contributed by atoms with Gasteiger partial charge in [0.05, 0.1) is 13.2 Å². The SMILES string of the molecule is C#CCOc1ccccc1CNCc1cccnc1N1CCOCC1. The minimum atomic E-state index is 0.279. The molecular formula is C20H23N3O2. The molecule has 5 heteroatoms. The van der Waals surface area contributed by atoms with Gasteiger partial charge in [0.1, 0.15) is 18.2 Å². The highest BCUT2D eigenvalue weighted by Crippen LogP contribution is 2.20. The number of nitrogens with one attached hydrogen (secondary N) is 1. The second kappa shape index (κ2) is 9.07. The zero-order valence-electron chi connectivity index (χ0n) is 14.3. The summed E-state index contributed by atoms with van der Waals surface area (Å²) in [5.74, 6) is 4.37. The zero-order chi connectivity index (χ0) is 17.3. The van der Waals surface area contributed by atoms with Gasteiger partial charge in [0.2, 0.25) is 0 Å². The van der Waals surface area contributed by atoms with Crippen LogP contribution in [0.4, 0.5) is 5.82 Å². The van der Waals surface area contributed by atoms with Gasteiger partial charge in [-0.25, -0.2) is 4.98 Å². The molecule has 25 heavy (non-hydrogen) atoms. The van der Waals surface area contributed by atoms with Gasteiger partial charge in [0.15, 0.2) is 0 Å². The van der Waals surface area contributed by atoms with Crippen molar-refractivity contribution in [3.63, 3.8) is 0 Å². The summed E-state index contributed by atoms with van der Waals surface area (Å²) in [4.78, 5) is 6.85. The molecule has 0 amide bonds. The maximum atomic E-state index is 5.60. The average Bonchev–Trinajstić information content (AvgIpc) is 2.68. The van der Waals surface area contributed by atoms with E-state index < -0.39 is 0 Å². The molecule has 0 unspecified atom stereocenters. The Labute approximate surface area is 149 Å². The average molecular weight is 337 g/mol. The smallest absolute Gasteiger partial charge is 0.148 e. The Balaban J connectivity index is 1.62. The summed E-state index contributed by atoms with van der Waals surface area (Å²) in [5.41, 5.74) is 2.28. The standard InChI is InChI=1S/C20H23N3O2/c1-2-12-25-19-8-4-3-6-17(19)15-21-16-18-7-5-9-22-20(18)23-10-13-24-14-11-23/h1,3-9,21H,10-16H2. The van der Waals surface area contributed by atoms with E-state index in [1.54, 1.807) is 0 Å². The quantitative estimate of drug-likeness (QED) is 0.785. The molecule has 1 aromatic heterocycles. The highest BCUT2D eigenvalue weighted by molar-refractivity contribution is 5.47. The van der Waals surface area contributed by atoms with Crippen molar-refractivity contribution in [3.8, 4) is 18.1 Å². The van der Waals surface area contributed by atoms with Gasteiger partial charge in [0.25, 0.3) is 0 Å². The second-order valence-corrected chi connectivity index (χ2v) is 5.79. The van der Waals surface area contributed by atoms with E-state index in [1.807, 2.05) is 36.5 Å². The lowest BCUT2D eigenvalue weighted by atomic mass is 10.2. The van der Waals surface area contributed by atoms with E-state index in [9.17, 15) is 0 Å². The fourth-order valence-corrected chi connectivity index (χ4v) is 2.87. The minimum Gasteiger partial charge on any atom is -0.481 e. The van der Waals surface area contributed by atoms with Crippen LogP contribution in [0.1, 0.15) is 11.1 Å². The number of ether oxygens (including phenoxy) is 2. The number of aromatic nitrogens is 1. The lowest BCUT2D eigenvalue weighted by Crippen LogP contribution is -2.37. The first kappa shape index (κ1) is 17.3. The van der Waals surface area contributed by atoms with Crippen LogP contribution in [-0.4, -0.2) is 37.9 Å². The molecule has 1 aliphatic heterocycles. The van der Waals surface area contributed by atoms with Crippen LogP contribution in [-0.2, 0) is 17.8 Å². The van der Waals surface area contributed by atoms with Crippen molar-refractivity contribution in [2.45, 2.75) is 13.1 Å². The van der Waals surface area contributed by atoms with E-state index in [4.69, 9.17) is 15.9 Å². The van der Waals surface area contributed by atoms with E-state index >= 15 is 0 Å². The summed E-state index contributed by atoms with van der Waals surface area (Å²) in [5, 5.41) is 3.48. The first-order chi connectivity index (χ1) is 12.4. The normalized spacial score (nSPS) is 14.1. The summed E-state index contributed by atoms with van der Waals surface area (Å²) < 4.78 is 11.0. The minimum absolute atomic E-state index is 0.279.